The monoisotopic (exact) mass is 179 g/mol. The zero-order chi connectivity index (χ0) is 10.3. The number of aromatic nitrogens is 2. The molecule has 0 aliphatic rings. The van der Waals surface area contributed by atoms with Gasteiger partial charge in [0.2, 0.25) is 0 Å². The first-order valence-corrected chi connectivity index (χ1v) is 4.46. The normalized spacial score (nSPS) is 10.3. The lowest BCUT2D eigenvalue weighted by molar-refractivity contribution is 1.08. The summed E-state index contributed by atoms with van der Waals surface area (Å²) in [6, 6.07) is 0. The Labute approximate surface area is 79.4 Å². The van der Waals surface area contributed by atoms with Gasteiger partial charge in [0, 0.05) is 11.8 Å². The smallest absolute Gasteiger partial charge is 0.0828 e. The average Bonchev–Trinajstić information content (AvgIpc) is 2.67. The molecule has 0 fully saturated rings. The predicted octanol–water partition coefficient (Wildman–Crippen LogP) is 2.86. The van der Waals surface area contributed by atoms with Crippen molar-refractivity contribution in [3.8, 4) is 0 Å². The van der Waals surface area contributed by atoms with Crippen molar-refractivity contribution < 1.29 is 0 Å². The summed E-state index contributed by atoms with van der Waals surface area (Å²) in [6.45, 7) is 7.97. The fourth-order valence-electron chi connectivity index (χ4n) is 0.876. The van der Waals surface area contributed by atoms with Crippen LogP contribution >= 0.6 is 0 Å². The molecule has 1 aromatic rings. The summed E-state index contributed by atoms with van der Waals surface area (Å²) in [7, 11) is 0. The van der Waals surface area contributed by atoms with Gasteiger partial charge in [-0.1, -0.05) is 19.9 Å². The molecule has 1 aromatic heterocycles. The predicted molar refractivity (Wildman–Crippen MR) is 57.1 cm³/mol. The Bertz CT molecular complexity index is 284. The molecule has 0 spiro atoms. The highest BCUT2D eigenvalue weighted by Crippen LogP contribution is 2.13. The van der Waals surface area contributed by atoms with Crippen molar-refractivity contribution in [2.75, 3.05) is 0 Å². The van der Waals surface area contributed by atoms with E-state index in [4.69, 9.17) is 5.41 Å². The van der Waals surface area contributed by atoms with Crippen LogP contribution in [0.5, 0.6) is 0 Å². The maximum atomic E-state index is 7.05. The highest BCUT2D eigenvalue weighted by Gasteiger charge is 2.01. The lowest BCUT2D eigenvalue weighted by Crippen LogP contribution is -1.85. The minimum atomic E-state index is 0.764. The molecule has 3 heteroatoms. The topological polar surface area (TPSA) is 52.5 Å². The van der Waals surface area contributed by atoms with Crippen LogP contribution in [-0.2, 0) is 0 Å². The molecule has 0 atom stereocenters. The molecule has 0 unspecified atom stereocenters. The van der Waals surface area contributed by atoms with Crippen molar-refractivity contribution in [1.82, 2.24) is 10.2 Å². The van der Waals surface area contributed by atoms with E-state index >= 15 is 0 Å². The lowest BCUT2D eigenvalue weighted by Gasteiger charge is -1.95. The standard InChI is InChI=1S/C8H11N3.C2H6/c1-3-6(2)7-5-10-11-8(7)4-9;1-2/h3-5,9H,1-2H3,(H,10,11);1-2H3/b6-3-,9-4?;. The van der Waals surface area contributed by atoms with Gasteiger partial charge in [0.1, 0.15) is 0 Å². The first-order chi connectivity index (χ1) is 6.29. The summed E-state index contributed by atoms with van der Waals surface area (Å²) in [4.78, 5) is 0. The molecule has 3 nitrogen and oxygen atoms in total. The Morgan fingerprint density at radius 3 is 2.62 bits per heavy atom. The van der Waals surface area contributed by atoms with E-state index in [-0.39, 0.29) is 0 Å². The van der Waals surface area contributed by atoms with Crippen molar-refractivity contribution in [3.05, 3.63) is 23.5 Å². The summed E-state index contributed by atoms with van der Waals surface area (Å²) >= 11 is 0. The fourth-order valence-corrected chi connectivity index (χ4v) is 0.876. The largest absolute Gasteiger partial charge is 0.307 e. The van der Waals surface area contributed by atoms with E-state index in [1.54, 1.807) is 6.20 Å². The average molecular weight is 179 g/mol. The van der Waals surface area contributed by atoms with Crippen molar-refractivity contribution in [3.63, 3.8) is 0 Å². The van der Waals surface area contributed by atoms with Gasteiger partial charge in [0.15, 0.2) is 0 Å². The third-order valence-electron chi connectivity index (χ3n) is 1.67. The lowest BCUT2D eigenvalue weighted by atomic mass is 10.1. The summed E-state index contributed by atoms with van der Waals surface area (Å²) in [5, 5.41) is 13.6. The van der Waals surface area contributed by atoms with Crippen LogP contribution in [0.2, 0.25) is 0 Å². The molecular weight excluding hydrogens is 162 g/mol. The third-order valence-corrected chi connectivity index (χ3v) is 1.67. The van der Waals surface area contributed by atoms with Crippen LogP contribution in [0.1, 0.15) is 39.0 Å². The molecule has 0 aliphatic heterocycles. The SMILES string of the molecule is C/C=C(/C)c1cn[nH]c1C=N.CC. The number of hydrogen-bond acceptors (Lipinski definition) is 2. The summed E-state index contributed by atoms with van der Waals surface area (Å²) in [6.07, 6.45) is 5.00. The fraction of sp³-hybridized carbons (Fsp3) is 0.400. The Hall–Kier alpha value is -1.38. The highest BCUT2D eigenvalue weighted by molar-refractivity contribution is 5.83. The van der Waals surface area contributed by atoms with Crippen LogP contribution in [0, 0.1) is 5.41 Å². The molecule has 0 saturated carbocycles. The maximum absolute atomic E-state index is 7.05. The van der Waals surface area contributed by atoms with Gasteiger partial charge in [-0.05, 0) is 19.4 Å². The van der Waals surface area contributed by atoms with Crippen molar-refractivity contribution in [2.24, 2.45) is 0 Å². The van der Waals surface area contributed by atoms with Crippen LogP contribution < -0.4 is 0 Å². The zero-order valence-electron chi connectivity index (χ0n) is 8.68. The first-order valence-electron chi connectivity index (χ1n) is 4.46. The number of hydrogen-bond donors (Lipinski definition) is 2. The number of allylic oxidation sites excluding steroid dienone is 2. The van der Waals surface area contributed by atoms with Crippen LogP contribution in [0.15, 0.2) is 12.3 Å². The van der Waals surface area contributed by atoms with Crippen LogP contribution in [0.4, 0.5) is 0 Å². The zero-order valence-corrected chi connectivity index (χ0v) is 8.68. The Balaban J connectivity index is 0.000000671. The van der Waals surface area contributed by atoms with Crippen molar-refractivity contribution in [1.29, 1.82) is 5.41 Å². The minimum Gasteiger partial charge on any atom is -0.307 e. The van der Waals surface area contributed by atoms with E-state index in [0.717, 1.165) is 16.8 Å². The molecule has 72 valence electrons. The van der Waals surface area contributed by atoms with E-state index in [2.05, 4.69) is 10.2 Å². The van der Waals surface area contributed by atoms with E-state index in [1.807, 2.05) is 33.8 Å². The van der Waals surface area contributed by atoms with Crippen LogP contribution in [0.3, 0.4) is 0 Å². The second-order valence-corrected chi connectivity index (χ2v) is 2.31. The van der Waals surface area contributed by atoms with Gasteiger partial charge in [-0.3, -0.25) is 5.10 Å². The van der Waals surface area contributed by atoms with Gasteiger partial charge in [-0.2, -0.15) is 5.10 Å². The second-order valence-electron chi connectivity index (χ2n) is 2.31. The van der Waals surface area contributed by atoms with Gasteiger partial charge < -0.3 is 5.41 Å². The molecule has 0 radical (unpaired) electrons. The summed E-state index contributed by atoms with van der Waals surface area (Å²) in [5.41, 5.74) is 2.90. The van der Waals surface area contributed by atoms with Crippen molar-refractivity contribution in [2.45, 2.75) is 27.7 Å². The third kappa shape index (κ3) is 2.86. The minimum absolute atomic E-state index is 0.764. The molecule has 0 aromatic carbocycles. The Morgan fingerprint density at radius 1 is 1.54 bits per heavy atom. The molecule has 0 amide bonds. The van der Waals surface area contributed by atoms with Gasteiger partial charge in [-0.25, -0.2) is 0 Å². The number of H-pyrrole nitrogens is 1. The molecule has 0 saturated heterocycles. The molecule has 1 rings (SSSR count). The van der Waals surface area contributed by atoms with Gasteiger partial charge in [-0.15, -0.1) is 0 Å². The van der Waals surface area contributed by atoms with Gasteiger partial charge in [0.25, 0.3) is 0 Å². The Morgan fingerprint density at radius 2 is 2.15 bits per heavy atom. The molecule has 0 aliphatic carbocycles. The van der Waals surface area contributed by atoms with E-state index in [9.17, 15) is 0 Å². The van der Waals surface area contributed by atoms with Crippen molar-refractivity contribution >= 4 is 11.8 Å². The maximum Gasteiger partial charge on any atom is 0.0828 e. The van der Waals surface area contributed by atoms with E-state index in [1.165, 1.54) is 6.21 Å². The van der Waals surface area contributed by atoms with Gasteiger partial charge >= 0.3 is 0 Å². The molecule has 1 heterocycles. The molecule has 0 bridgehead atoms. The Kier molecular flexibility index (Phi) is 5.52. The van der Waals surface area contributed by atoms with Crippen LogP contribution in [0.25, 0.3) is 5.57 Å². The quantitative estimate of drug-likeness (QED) is 0.674. The number of aromatic amines is 1. The molecule has 13 heavy (non-hydrogen) atoms. The summed E-state index contributed by atoms with van der Waals surface area (Å²) < 4.78 is 0. The van der Waals surface area contributed by atoms with E-state index < -0.39 is 0 Å². The molecular formula is C10H17N3. The number of nitrogens with one attached hydrogen (secondary N) is 2. The highest BCUT2D eigenvalue weighted by atomic mass is 15.1. The van der Waals surface area contributed by atoms with E-state index in [0.29, 0.717) is 0 Å². The summed E-state index contributed by atoms with van der Waals surface area (Å²) in [5.74, 6) is 0. The first kappa shape index (κ1) is 11.6. The van der Waals surface area contributed by atoms with Gasteiger partial charge in [0.05, 0.1) is 11.9 Å². The number of nitrogens with zero attached hydrogens (tertiary/aromatic N) is 1. The number of rotatable bonds is 2. The van der Waals surface area contributed by atoms with Crippen LogP contribution in [-0.4, -0.2) is 16.4 Å². The molecule has 2 N–H and O–H groups in total. The second kappa shape index (κ2) is 6.17.